The van der Waals surface area contributed by atoms with Gasteiger partial charge in [0.1, 0.15) is 6.35 Å². The largest absolute Gasteiger partial charge is 0.466 e. The first-order valence-corrected chi connectivity index (χ1v) is 7.65. The van der Waals surface area contributed by atoms with Gasteiger partial charge in [-0.2, -0.15) is 0 Å². The molecule has 1 aliphatic heterocycles. The number of rotatable bonds is 6. The van der Waals surface area contributed by atoms with E-state index in [1.807, 2.05) is 13.8 Å². The van der Waals surface area contributed by atoms with Gasteiger partial charge < -0.3 is 18.5 Å². The number of ether oxygens (including phenoxy) is 2. The molecule has 18 heavy (non-hydrogen) atoms. The van der Waals surface area contributed by atoms with Gasteiger partial charge >= 0.3 is 13.6 Å². The van der Waals surface area contributed by atoms with Crippen LogP contribution in [0.4, 0.5) is 0 Å². The Kier molecular flexibility index (Phi) is 5.79. The summed E-state index contributed by atoms with van der Waals surface area (Å²) in [5, 5.41) is 0. The lowest BCUT2D eigenvalue weighted by Gasteiger charge is -2.33. The number of esters is 1. The van der Waals surface area contributed by atoms with Crippen LogP contribution in [0.25, 0.3) is 0 Å². The van der Waals surface area contributed by atoms with Gasteiger partial charge in [-0.05, 0) is 0 Å². The summed E-state index contributed by atoms with van der Waals surface area (Å²) in [5.41, 5.74) is -0.108. The van der Waals surface area contributed by atoms with Gasteiger partial charge in [0.15, 0.2) is 0 Å². The molecule has 0 unspecified atom stereocenters. The van der Waals surface area contributed by atoms with Crippen molar-refractivity contribution in [1.29, 1.82) is 0 Å². The first-order chi connectivity index (χ1) is 8.33. The maximum absolute atomic E-state index is 12.0. The second kappa shape index (κ2) is 6.66. The van der Waals surface area contributed by atoms with Crippen molar-refractivity contribution in [1.82, 2.24) is 0 Å². The van der Waals surface area contributed by atoms with Gasteiger partial charge in [-0.15, -0.1) is 0 Å². The molecule has 0 aromatic carbocycles. The van der Waals surface area contributed by atoms with Crippen LogP contribution in [0.2, 0.25) is 0 Å². The fourth-order valence-corrected chi connectivity index (χ4v) is 2.92. The highest BCUT2D eigenvalue weighted by Gasteiger charge is 2.36. The van der Waals surface area contributed by atoms with E-state index in [4.69, 9.17) is 18.5 Å². The van der Waals surface area contributed by atoms with Crippen LogP contribution in [0.15, 0.2) is 0 Å². The van der Waals surface area contributed by atoms with E-state index in [0.717, 1.165) is 0 Å². The Hall–Kier alpha value is -0.420. The average Bonchev–Trinajstić information content (AvgIpc) is 2.28. The Bertz CT molecular complexity index is 313. The van der Waals surface area contributed by atoms with Crippen LogP contribution in [-0.4, -0.2) is 38.7 Å². The van der Waals surface area contributed by atoms with E-state index < -0.39 is 7.60 Å². The quantitative estimate of drug-likeness (QED) is 0.422. The van der Waals surface area contributed by atoms with Crippen molar-refractivity contribution < 1.29 is 27.9 Å². The highest BCUT2D eigenvalue weighted by atomic mass is 31.2. The molecule has 106 valence electrons. The summed E-state index contributed by atoms with van der Waals surface area (Å²) >= 11 is 0. The summed E-state index contributed by atoms with van der Waals surface area (Å²) in [7, 11) is -3.09. The lowest BCUT2D eigenvalue weighted by Crippen LogP contribution is -2.30. The topological polar surface area (TPSA) is 71.1 Å². The first-order valence-electron chi connectivity index (χ1n) is 5.92. The van der Waals surface area contributed by atoms with Gasteiger partial charge in [-0.1, -0.05) is 13.8 Å². The molecule has 0 aliphatic carbocycles. The molecule has 0 bridgehead atoms. The van der Waals surface area contributed by atoms with E-state index in [-0.39, 0.29) is 17.7 Å². The van der Waals surface area contributed by atoms with Gasteiger partial charge in [0.05, 0.1) is 26.4 Å². The molecule has 0 aromatic rings. The Morgan fingerprint density at radius 1 is 1.28 bits per heavy atom. The average molecular weight is 280 g/mol. The van der Waals surface area contributed by atoms with Crippen molar-refractivity contribution in [3.05, 3.63) is 0 Å². The maximum atomic E-state index is 12.0. The lowest BCUT2D eigenvalue weighted by atomic mass is 9.97. The van der Waals surface area contributed by atoms with Crippen molar-refractivity contribution in [3.63, 3.8) is 0 Å². The molecule has 0 aromatic heterocycles. The van der Waals surface area contributed by atoms with Crippen molar-refractivity contribution in [3.8, 4) is 0 Å². The predicted molar refractivity (Wildman–Crippen MR) is 65.4 cm³/mol. The third-order valence-electron chi connectivity index (χ3n) is 2.29. The van der Waals surface area contributed by atoms with Crippen LogP contribution >= 0.6 is 7.60 Å². The minimum atomic E-state index is -3.09. The number of hydrogen-bond donors (Lipinski definition) is 0. The normalized spacial score (nSPS) is 21.5. The Morgan fingerprint density at radius 2 is 1.89 bits per heavy atom. The monoisotopic (exact) mass is 280 g/mol. The zero-order chi connectivity index (χ0) is 13.6. The van der Waals surface area contributed by atoms with Crippen LogP contribution in [0.3, 0.4) is 0 Å². The van der Waals surface area contributed by atoms with E-state index in [2.05, 4.69) is 0 Å². The molecule has 0 saturated carbocycles. The molecule has 0 radical (unpaired) electrons. The van der Waals surface area contributed by atoms with Crippen molar-refractivity contribution in [2.24, 2.45) is 5.41 Å². The SMILES string of the molecule is CC(=O)OCCCOCP1(=O)OCC(C)(C)CO1. The summed E-state index contributed by atoms with van der Waals surface area (Å²) in [6, 6.07) is 0. The second-order valence-electron chi connectivity index (χ2n) is 5.05. The zero-order valence-corrected chi connectivity index (χ0v) is 12.0. The molecule has 0 amide bonds. The minimum Gasteiger partial charge on any atom is -0.466 e. The third-order valence-corrected chi connectivity index (χ3v) is 3.84. The van der Waals surface area contributed by atoms with Gasteiger partial charge in [-0.25, -0.2) is 0 Å². The van der Waals surface area contributed by atoms with Crippen LogP contribution in [0.5, 0.6) is 0 Å². The van der Waals surface area contributed by atoms with Crippen LogP contribution < -0.4 is 0 Å². The fraction of sp³-hybridized carbons (Fsp3) is 0.909. The summed E-state index contributed by atoms with van der Waals surface area (Å²) < 4.78 is 32.5. The molecular weight excluding hydrogens is 259 g/mol. The van der Waals surface area contributed by atoms with E-state index in [1.54, 1.807) is 0 Å². The van der Waals surface area contributed by atoms with Crippen molar-refractivity contribution >= 4 is 13.6 Å². The van der Waals surface area contributed by atoms with E-state index in [1.165, 1.54) is 6.92 Å². The molecule has 1 aliphatic rings. The van der Waals surface area contributed by atoms with E-state index >= 15 is 0 Å². The predicted octanol–water partition coefficient (Wildman–Crippen LogP) is 2.18. The number of carbonyl (C=O) groups excluding carboxylic acids is 1. The number of hydrogen-bond acceptors (Lipinski definition) is 6. The highest BCUT2D eigenvalue weighted by Crippen LogP contribution is 2.53. The lowest BCUT2D eigenvalue weighted by molar-refractivity contribution is -0.141. The first kappa shape index (κ1) is 15.6. The molecule has 7 heteroatoms. The van der Waals surface area contributed by atoms with Gasteiger partial charge in [-0.3, -0.25) is 9.36 Å². The van der Waals surface area contributed by atoms with Gasteiger partial charge in [0, 0.05) is 18.8 Å². The maximum Gasteiger partial charge on any atom is 0.356 e. The Labute approximate surface area is 107 Å². The minimum absolute atomic E-state index is 0.0524. The van der Waals surface area contributed by atoms with Crippen LogP contribution in [0.1, 0.15) is 27.2 Å². The molecule has 1 rings (SSSR count). The highest BCUT2D eigenvalue weighted by molar-refractivity contribution is 7.53. The second-order valence-corrected chi connectivity index (χ2v) is 7.05. The summed E-state index contributed by atoms with van der Waals surface area (Å²) in [4.78, 5) is 10.5. The molecular formula is C11H21O6P. The molecule has 0 N–H and O–H groups in total. The van der Waals surface area contributed by atoms with E-state index in [9.17, 15) is 9.36 Å². The molecule has 6 nitrogen and oxygen atoms in total. The summed E-state index contributed by atoms with van der Waals surface area (Å²) in [6.45, 7) is 6.78. The van der Waals surface area contributed by atoms with E-state index in [0.29, 0.717) is 32.8 Å². The third kappa shape index (κ3) is 5.96. The smallest absolute Gasteiger partial charge is 0.356 e. The van der Waals surface area contributed by atoms with Crippen molar-refractivity contribution in [2.45, 2.75) is 27.2 Å². The van der Waals surface area contributed by atoms with Crippen LogP contribution in [0, 0.1) is 5.41 Å². The summed E-state index contributed by atoms with van der Waals surface area (Å²) in [5.74, 6) is -0.316. The molecule has 1 saturated heterocycles. The van der Waals surface area contributed by atoms with Gasteiger partial charge in [0.2, 0.25) is 0 Å². The van der Waals surface area contributed by atoms with Crippen molar-refractivity contribution in [2.75, 3.05) is 32.8 Å². The summed E-state index contributed by atoms with van der Waals surface area (Å²) in [6.07, 6.45) is 0.508. The van der Waals surface area contributed by atoms with Crippen LogP contribution in [-0.2, 0) is 27.9 Å². The standard InChI is InChI=1S/C11H21O6P/c1-10(12)15-6-4-5-14-9-18(13)16-7-11(2,3)8-17-18/h4-9H2,1-3H3. The fourth-order valence-electron chi connectivity index (χ4n) is 1.25. The molecule has 1 fully saturated rings. The molecule has 0 atom stereocenters. The Balaban J connectivity index is 2.12. The molecule has 1 heterocycles. The zero-order valence-electron chi connectivity index (χ0n) is 11.1. The van der Waals surface area contributed by atoms with Gasteiger partial charge in [0.25, 0.3) is 0 Å². The molecule has 0 spiro atoms. The number of carbonyl (C=O) groups is 1. The Morgan fingerprint density at radius 3 is 2.44 bits per heavy atom.